The van der Waals surface area contributed by atoms with Crippen LogP contribution in [0.25, 0.3) is 0 Å². The van der Waals surface area contributed by atoms with E-state index in [0.29, 0.717) is 11.9 Å². The molecule has 1 aromatic rings. The first-order valence-corrected chi connectivity index (χ1v) is 9.61. The summed E-state index contributed by atoms with van der Waals surface area (Å²) in [6, 6.07) is 11.3. The van der Waals surface area contributed by atoms with E-state index in [0.717, 1.165) is 45.1 Å². The quantitative estimate of drug-likeness (QED) is 0.925. The highest BCUT2D eigenvalue weighted by Gasteiger charge is 2.40. The maximum Gasteiger partial charge on any atom is 0.239 e. The number of fused-ring (bicyclic) bond motifs is 1. The topological polar surface area (TPSA) is 35.6 Å². The van der Waals surface area contributed by atoms with Gasteiger partial charge in [-0.05, 0) is 30.7 Å². The number of piperazine rings is 1. The number of nitrogens with zero attached hydrogens (tertiary/aromatic N) is 2. The van der Waals surface area contributed by atoms with Gasteiger partial charge in [-0.25, -0.2) is 0 Å². The monoisotopic (exact) mass is 327 g/mol. The molecule has 1 aliphatic carbocycles. The standard InChI is InChI=1S/C20H29N3O/c24-20(19-14-17-8-4-5-9-18(17)21-19)23-12-10-22(11-13-23)15-16-6-2-1-3-7-16/h1-3,6-7,17-19,21H,4-5,8-15H2. The number of benzene rings is 1. The van der Waals surface area contributed by atoms with E-state index in [-0.39, 0.29) is 6.04 Å². The number of amides is 1. The van der Waals surface area contributed by atoms with E-state index in [1.54, 1.807) is 0 Å². The minimum absolute atomic E-state index is 0.0822. The Labute approximate surface area is 145 Å². The predicted octanol–water partition coefficient (Wildman–Crippen LogP) is 2.25. The van der Waals surface area contributed by atoms with Gasteiger partial charge in [-0.15, -0.1) is 0 Å². The van der Waals surface area contributed by atoms with Crippen molar-refractivity contribution in [1.82, 2.24) is 15.1 Å². The van der Waals surface area contributed by atoms with Gasteiger partial charge in [0.1, 0.15) is 0 Å². The van der Waals surface area contributed by atoms with Crippen molar-refractivity contribution >= 4 is 5.91 Å². The van der Waals surface area contributed by atoms with Gasteiger partial charge in [-0.2, -0.15) is 0 Å². The normalized spacial score (nSPS) is 31.0. The molecule has 0 aromatic heterocycles. The molecule has 0 spiro atoms. The maximum atomic E-state index is 12.9. The molecule has 2 saturated heterocycles. The zero-order valence-electron chi connectivity index (χ0n) is 14.5. The van der Waals surface area contributed by atoms with Gasteiger partial charge < -0.3 is 10.2 Å². The van der Waals surface area contributed by atoms with Gasteiger partial charge in [-0.3, -0.25) is 9.69 Å². The smallest absolute Gasteiger partial charge is 0.239 e. The molecule has 1 N–H and O–H groups in total. The zero-order valence-corrected chi connectivity index (χ0v) is 14.5. The van der Waals surface area contributed by atoms with Crippen molar-refractivity contribution in [2.75, 3.05) is 26.2 Å². The maximum absolute atomic E-state index is 12.9. The largest absolute Gasteiger partial charge is 0.339 e. The van der Waals surface area contributed by atoms with Crippen LogP contribution in [0, 0.1) is 5.92 Å². The van der Waals surface area contributed by atoms with Crippen molar-refractivity contribution < 1.29 is 4.79 Å². The Hall–Kier alpha value is -1.39. The second-order valence-electron chi connectivity index (χ2n) is 7.69. The third-order valence-corrected chi connectivity index (χ3v) is 6.09. The fourth-order valence-corrected chi connectivity index (χ4v) is 4.70. The lowest BCUT2D eigenvalue weighted by Gasteiger charge is -2.36. The summed E-state index contributed by atoms with van der Waals surface area (Å²) in [6.07, 6.45) is 6.31. The highest BCUT2D eigenvalue weighted by atomic mass is 16.2. The Balaban J connectivity index is 1.27. The Morgan fingerprint density at radius 2 is 1.79 bits per heavy atom. The molecule has 24 heavy (non-hydrogen) atoms. The summed E-state index contributed by atoms with van der Waals surface area (Å²) in [7, 11) is 0. The molecule has 1 amide bonds. The number of carbonyl (C=O) groups excluding carboxylic acids is 1. The summed E-state index contributed by atoms with van der Waals surface area (Å²) in [5.74, 6) is 1.09. The highest BCUT2D eigenvalue weighted by Crippen LogP contribution is 2.33. The van der Waals surface area contributed by atoms with Gasteiger partial charge in [0, 0.05) is 38.8 Å². The van der Waals surface area contributed by atoms with Gasteiger partial charge in [0.15, 0.2) is 0 Å². The first-order chi connectivity index (χ1) is 11.8. The van der Waals surface area contributed by atoms with Crippen molar-refractivity contribution in [3.63, 3.8) is 0 Å². The molecule has 3 fully saturated rings. The van der Waals surface area contributed by atoms with Crippen LogP contribution in [0.2, 0.25) is 0 Å². The van der Waals surface area contributed by atoms with Crippen LogP contribution in [0.5, 0.6) is 0 Å². The minimum atomic E-state index is 0.0822. The SMILES string of the molecule is O=C(C1CC2CCCCC2N1)N1CCN(Cc2ccccc2)CC1. The molecule has 2 heterocycles. The van der Waals surface area contributed by atoms with E-state index >= 15 is 0 Å². The lowest BCUT2D eigenvalue weighted by Crippen LogP contribution is -2.53. The fraction of sp³-hybridized carbons (Fsp3) is 0.650. The fourth-order valence-electron chi connectivity index (χ4n) is 4.70. The second-order valence-corrected chi connectivity index (χ2v) is 7.69. The van der Waals surface area contributed by atoms with Gasteiger partial charge in [0.2, 0.25) is 5.91 Å². The number of hydrogen-bond acceptors (Lipinski definition) is 3. The van der Waals surface area contributed by atoms with E-state index in [1.165, 1.54) is 31.2 Å². The molecular weight excluding hydrogens is 298 g/mol. The van der Waals surface area contributed by atoms with E-state index < -0.39 is 0 Å². The highest BCUT2D eigenvalue weighted by molar-refractivity contribution is 5.82. The number of nitrogens with one attached hydrogen (secondary N) is 1. The predicted molar refractivity (Wildman–Crippen MR) is 95.6 cm³/mol. The Morgan fingerprint density at radius 1 is 1.04 bits per heavy atom. The second kappa shape index (κ2) is 7.24. The van der Waals surface area contributed by atoms with Crippen LogP contribution in [0.3, 0.4) is 0 Å². The van der Waals surface area contributed by atoms with Crippen LogP contribution in [0.1, 0.15) is 37.7 Å². The first-order valence-electron chi connectivity index (χ1n) is 9.61. The van der Waals surface area contributed by atoms with Crippen molar-refractivity contribution in [3.05, 3.63) is 35.9 Å². The Kier molecular flexibility index (Phi) is 4.86. The molecule has 3 aliphatic rings. The number of hydrogen-bond donors (Lipinski definition) is 1. The Bertz CT molecular complexity index is 539. The summed E-state index contributed by atoms with van der Waals surface area (Å²) in [6.45, 7) is 4.72. The molecule has 2 aliphatic heterocycles. The van der Waals surface area contributed by atoms with Gasteiger partial charge in [0.25, 0.3) is 0 Å². The van der Waals surface area contributed by atoms with Crippen LogP contribution in [0.15, 0.2) is 30.3 Å². The van der Waals surface area contributed by atoms with Crippen LogP contribution < -0.4 is 5.32 Å². The van der Waals surface area contributed by atoms with E-state index in [4.69, 9.17) is 0 Å². The van der Waals surface area contributed by atoms with E-state index in [2.05, 4.69) is 45.4 Å². The van der Waals surface area contributed by atoms with Crippen LogP contribution in [-0.4, -0.2) is 54.0 Å². The summed E-state index contributed by atoms with van der Waals surface area (Å²) < 4.78 is 0. The van der Waals surface area contributed by atoms with Crippen LogP contribution in [0.4, 0.5) is 0 Å². The van der Waals surface area contributed by atoms with Crippen LogP contribution >= 0.6 is 0 Å². The molecule has 1 aromatic carbocycles. The summed E-state index contributed by atoms with van der Waals surface area (Å²) in [4.78, 5) is 17.4. The van der Waals surface area contributed by atoms with Crippen molar-refractivity contribution in [2.45, 2.75) is 50.7 Å². The first kappa shape index (κ1) is 16.1. The number of carbonyl (C=O) groups is 1. The number of rotatable bonds is 3. The summed E-state index contributed by atoms with van der Waals surface area (Å²) >= 11 is 0. The molecule has 1 saturated carbocycles. The third kappa shape index (κ3) is 3.50. The van der Waals surface area contributed by atoms with Crippen LogP contribution in [-0.2, 0) is 11.3 Å². The average molecular weight is 327 g/mol. The van der Waals surface area contributed by atoms with E-state index in [9.17, 15) is 4.79 Å². The van der Waals surface area contributed by atoms with Gasteiger partial charge in [-0.1, -0.05) is 43.2 Å². The van der Waals surface area contributed by atoms with Crippen molar-refractivity contribution in [3.8, 4) is 0 Å². The molecule has 0 radical (unpaired) electrons. The Morgan fingerprint density at radius 3 is 2.54 bits per heavy atom. The molecule has 130 valence electrons. The molecule has 0 bridgehead atoms. The van der Waals surface area contributed by atoms with Crippen molar-refractivity contribution in [2.24, 2.45) is 5.92 Å². The van der Waals surface area contributed by atoms with Crippen molar-refractivity contribution in [1.29, 1.82) is 0 Å². The molecule has 3 unspecified atom stereocenters. The molecule has 4 rings (SSSR count). The van der Waals surface area contributed by atoms with E-state index in [1.807, 2.05) is 0 Å². The summed E-state index contributed by atoms with van der Waals surface area (Å²) in [5, 5.41) is 3.64. The zero-order chi connectivity index (χ0) is 16.4. The average Bonchev–Trinajstić information content (AvgIpc) is 3.07. The van der Waals surface area contributed by atoms with Gasteiger partial charge in [0.05, 0.1) is 6.04 Å². The molecular formula is C20H29N3O. The summed E-state index contributed by atoms with van der Waals surface area (Å²) in [5.41, 5.74) is 1.36. The lowest BCUT2D eigenvalue weighted by molar-refractivity contribution is -0.135. The molecule has 4 heteroatoms. The third-order valence-electron chi connectivity index (χ3n) is 6.09. The van der Waals surface area contributed by atoms with Gasteiger partial charge >= 0.3 is 0 Å². The minimum Gasteiger partial charge on any atom is -0.339 e. The molecule has 3 atom stereocenters. The molecule has 4 nitrogen and oxygen atoms in total. The lowest BCUT2D eigenvalue weighted by atomic mass is 9.85.